The maximum absolute atomic E-state index is 5.63. The second kappa shape index (κ2) is 7.36. The predicted molar refractivity (Wildman–Crippen MR) is 81.8 cm³/mol. The lowest BCUT2D eigenvalue weighted by Crippen LogP contribution is -2.36. The number of nitrogens with one attached hydrogen (secondary N) is 1. The molecule has 0 heterocycles. The van der Waals surface area contributed by atoms with Crippen molar-refractivity contribution in [2.45, 2.75) is 57.5 Å². The van der Waals surface area contributed by atoms with Gasteiger partial charge in [0.2, 0.25) is 0 Å². The number of benzene rings is 1. The summed E-state index contributed by atoms with van der Waals surface area (Å²) < 4.78 is 0. The van der Waals surface area contributed by atoms with E-state index in [0.29, 0.717) is 6.04 Å². The molecule has 0 amide bonds. The van der Waals surface area contributed by atoms with Gasteiger partial charge in [-0.25, -0.2) is 0 Å². The molecule has 1 aromatic carbocycles. The summed E-state index contributed by atoms with van der Waals surface area (Å²) in [6.07, 6.45) is 13.4. The summed E-state index contributed by atoms with van der Waals surface area (Å²) in [5.74, 6) is 3.61. The summed E-state index contributed by atoms with van der Waals surface area (Å²) in [5.41, 5.74) is 1.39. The Kier molecular flexibility index (Phi) is 5.48. The van der Waals surface area contributed by atoms with Crippen molar-refractivity contribution < 1.29 is 0 Å². The Bertz CT molecular complexity index is 397. The number of hydrogen-bond donors (Lipinski definition) is 1. The van der Waals surface area contributed by atoms with Gasteiger partial charge in [0, 0.05) is 6.04 Å². The van der Waals surface area contributed by atoms with Crippen LogP contribution in [0.4, 0.5) is 0 Å². The Balaban J connectivity index is 2.15. The minimum absolute atomic E-state index is 0.187. The van der Waals surface area contributed by atoms with Gasteiger partial charge in [0.1, 0.15) is 0 Å². The van der Waals surface area contributed by atoms with Gasteiger partial charge in [-0.2, -0.15) is 0 Å². The van der Waals surface area contributed by atoms with Crippen LogP contribution in [0.25, 0.3) is 0 Å². The molecule has 0 saturated heterocycles. The lowest BCUT2D eigenvalue weighted by molar-refractivity contribution is 0.262. The van der Waals surface area contributed by atoms with E-state index in [1.54, 1.807) is 0 Å². The van der Waals surface area contributed by atoms with E-state index in [2.05, 4.69) is 48.5 Å². The molecule has 2 rings (SSSR count). The normalized spacial score (nSPS) is 19.6. The van der Waals surface area contributed by atoms with Crippen LogP contribution in [0.1, 0.15) is 57.1 Å². The molecule has 0 aromatic heterocycles. The zero-order valence-corrected chi connectivity index (χ0v) is 11.9. The molecule has 1 aromatic rings. The standard InChI is InChI=1S/C18H25N/c1-3-17(4-2)19-18(15-11-7-5-8-12-15)16-13-9-6-10-14-16/h1,5,7-8,11-12,16-19H,4,6,9-10,13-14H2,2H3. The number of rotatable bonds is 5. The third-order valence-electron chi connectivity index (χ3n) is 4.27. The van der Waals surface area contributed by atoms with Crippen LogP contribution in [-0.2, 0) is 0 Å². The second-order valence-electron chi connectivity index (χ2n) is 5.58. The van der Waals surface area contributed by atoms with Crippen LogP contribution in [0, 0.1) is 18.3 Å². The zero-order valence-electron chi connectivity index (χ0n) is 11.9. The van der Waals surface area contributed by atoms with Gasteiger partial charge in [-0.05, 0) is 30.7 Å². The van der Waals surface area contributed by atoms with Gasteiger partial charge in [0.15, 0.2) is 0 Å². The first kappa shape index (κ1) is 14.2. The maximum atomic E-state index is 5.63. The molecule has 0 aliphatic heterocycles. The van der Waals surface area contributed by atoms with E-state index in [0.717, 1.165) is 12.3 Å². The Labute approximate surface area is 117 Å². The topological polar surface area (TPSA) is 12.0 Å². The molecule has 0 bridgehead atoms. The predicted octanol–water partition coefficient (Wildman–Crippen LogP) is 4.31. The first-order valence-electron chi connectivity index (χ1n) is 7.62. The summed E-state index contributed by atoms with van der Waals surface area (Å²) in [7, 11) is 0. The van der Waals surface area contributed by atoms with E-state index in [1.165, 1.54) is 37.7 Å². The Hall–Kier alpha value is -1.26. The lowest BCUT2D eigenvalue weighted by Gasteiger charge is -2.33. The van der Waals surface area contributed by atoms with Crippen molar-refractivity contribution in [1.29, 1.82) is 0 Å². The Morgan fingerprint density at radius 3 is 2.47 bits per heavy atom. The third kappa shape index (κ3) is 3.85. The van der Waals surface area contributed by atoms with Crippen molar-refractivity contribution in [3.05, 3.63) is 35.9 Å². The monoisotopic (exact) mass is 255 g/mol. The molecule has 1 heteroatoms. The highest BCUT2D eigenvalue weighted by atomic mass is 15.0. The van der Waals surface area contributed by atoms with Crippen LogP contribution < -0.4 is 5.32 Å². The summed E-state index contributed by atoms with van der Waals surface area (Å²) in [4.78, 5) is 0. The smallest absolute Gasteiger partial charge is 0.0689 e. The van der Waals surface area contributed by atoms with Gasteiger partial charge in [-0.3, -0.25) is 5.32 Å². The molecule has 0 radical (unpaired) electrons. The van der Waals surface area contributed by atoms with Crippen molar-refractivity contribution in [2.24, 2.45) is 5.92 Å². The van der Waals surface area contributed by atoms with Crippen LogP contribution in [0.3, 0.4) is 0 Å². The fourth-order valence-corrected chi connectivity index (χ4v) is 3.13. The van der Waals surface area contributed by atoms with Gasteiger partial charge in [0.25, 0.3) is 0 Å². The van der Waals surface area contributed by atoms with Crippen LogP contribution in [0.2, 0.25) is 0 Å². The molecule has 102 valence electrons. The summed E-state index contributed by atoms with van der Waals surface area (Å²) >= 11 is 0. The minimum Gasteiger partial charge on any atom is -0.297 e. The van der Waals surface area contributed by atoms with Crippen molar-refractivity contribution >= 4 is 0 Å². The molecule has 1 nitrogen and oxygen atoms in total. The first-order valence-corrected chi connectivity index (χ1v) is 7.62. The van der Waals surface area contributed by atoms with E-state index in [9.17, 15) is 0 Å². The molecule has 1 fully saturated rings. The summed E-state index contributed by atoms with van der Waals surface area (Å²) in [6, 6.07) is 11.4. The molecule has 0 spiro atoms. The van der Waals surface area contributed by atoms with Crippen LogP contribution in [0.5, 0.6) is 0 Å². The average molecular weight is 255 g/mol. The van der Waals surface area contributed by atoms with E-state index < -0.39 is 0 Å². The zero-order chi connectivity index (χ0) is 13.5. The Morgan fingerprint density at radius 1 is 1.21 bits per heavy atom. The Morgan fingerprint density at radius 2 is 1.89 bits per heavy atom. The molecule has 19 heavy (non-hydrogen) atoms. The van der Waals surface area contributed by atoms with Crippen molar-refractivity contribution in [3.63, 3.8) is 0 Å². The van der Waals surface area contributed by atoms with E-state index in [-0.39, 0.29) is 6.04 Å². The third-order valence-corrected chi connectivity index (χ3v) is 4.27. The molecule has 1 aliphatic carbocycles. The molecule has 2 unspecified atom stereocenters. The average Bonchev–Trinajstić information content (AvgIpc) is 2.50. The quantitative estimate of drug-likeness (QED) is 0.773. The molecule has 1 aliphatic rings. The largest absolute Gasteiger partial charge is 0.297 e. The first-order chi connectivity index (χ1) is 9.35. The summed E-state index contributed by atoms with van der Waals surface area (Å²) in [5, 5.41) is 3.70. The maximum Gasteiger partial charge on any atom is 0.0689 e. The molecule has 1 N–H and O–H groups in total. The van der Waals surface area contributed by atoms with E-state index >= 15 is 0 Å². The van der Waals surface area contributed by atoms with Gasteiger partial charge in [-0.15, -0.1) is 6.42 Å². The SMILES string of the molecule is C#CC(CC)NC(c1ccccc1)C1CCCCC1. The van der Waals surface area contributed by atoms with Crippen LogP contribution >= 0.6 is 0 Å². The molecule has 2 atom stereocenters. The van der Waals surface area contributed by atoms with Gasteiger partial charge in [0.05, 0.1) is 6.04 Å². The molecule has 1 saturated carbocycles. The minimum atomic E-state index is 0.187. The molecular formula is C18H25N. The number of hydrogen-bond acceptors (Lipinski definition) is 1. The fraction of sp³-hybridized carbons (Fsp3) is 0.556. The van der Waals surface area contributed by atoms with Crippen LogP contribution in [-0.4, -0.2) is 6.04 Å². The van der Waals surface area contributed by atoms with Gasteiger partial charge < -0.3 is 0 Å². The van der Waals surface area contributed by atoms with Gasteiger partial charge in [-0.1, -0.05) is 62.4 Å². The van der Waals surface area contributed by atoms with Crippen LogP contribution in [0.15, 0.2) is 30.3 Å². The van der Waals surface area contributed by atoms with E-state index in [1.807, 2.05) is 0 Å². The highest BCUT2D eigenvalue weighted by Crippen LogP contribution is 2.34. The van der Waals surface area contributed by atoms with Crippen molar-refractivity contribution in [2.75, 3.05) is 0 Å². The lowest BCUT2D eigenvalue weighted by atomic mass is 9.81. The second-order valence-corrected chi connectivity index (χ2v) is 5.58. The number of terminal acetylenes is 1. The fourth-order valence-electron chi connectivity index (χ4n) is 3.13. The van der Waals surface area contributed by atoms with Crippen molar-refractivity contribution in [3.8, 4) is 12.3 Å². The van der Waals surface area contributed by atoms with Gasteiger partial charge >= 0.3 is 0 Å². The van der Waals surface area contributed by atoms with Crippen molar-refractivity contribution in [1.82, 2.24) is 5.32 Å². The van der Waals surface area contributed by atoms with E-state index in [4.69, 9.17) is 6.42 Å². The highest BCUT2D eigenvalue weighted by Gasteiger charge is 2.26. The molecular weight excluding hydrogens is 230 g/mol. The highest BCUT2D eigenvalue weighted by molar-refractivity contribution is 5.21. The summed E-state index contributed by atoms with van der Waals surface area (Å²) in [6.45, 7) is 2.15.